The number of benzene rings is 1. The number of likely N-dealkylation sites (N-methyl/N-ethyl adjacent to an activating group) is 1. The summed E-state index contributed by atoms with van der Waals surface area (Å²) in [5.41, 5.74) is 2.83. The molecule has 0 aliphatic rings. The summed E-state index contributed by atoms with van der Waals surface area (Å²) < 4.78 is 0. The van der Waals surface area contributed by atoms with Gasteiger partial charge in [-0.15, -0.1) is 0 Å². The monoisotopic (exact) mass is 362 g/mol. The molecule has 0 spiro atoms. The lowest BCUT2D eigenvalue weighted by molar-refractivity contribution is -0.126. The van der Waals surface area contributed by atoms with Crippen molar-refractivity contribution in [2.45, 2.75) is 19.9 Å². The van der Waals surface area contributed by atoms with Crippen molar-refractivity contribution in [1.29, 1.82) is 0 Å². The van der Waals surface area contributed by atoms with Crippen molar-refractivity contribution in [2.75, 3.05) is 12.4 Å². The van der Waals surface area contributed by atoms with E-state index in [9.17, 15) is 9.59 Å². The molecule has 0 bridgehead atoms. The summed E-state index contributed by atoms with van der Waals surface area (Å²) >= 11 is 0. The lowest BCUT2D eigenvalue weighted by Gasteiger charge is -2.22. The molecule has 0 saturated heterocycles. The first-order valence-corrected chi connectivity index (χ1v) is 8.70. The highest BCUT2D eigenvalue weighted by Crippen LogP contribution is 2.23. The molecule has 0 fully saturated rings. The Labute approximate surface area is 157 Å². The standard InChI is InChI=1S/C21H22N4O2/c1-14(19-12-17-6-4-5-7-18(17)24-19)25(3)21(27)11-9-16-8-10-20(22-13-16)23-15(2)26/h4-14,24H,1-3H3,(H,22,23,26)/b11-9+. The average molecular weight is 362 g/mol. The van der Waals surface area contributed by atoms with E-state index in [0.717, 1.165) is 22.2 Å². The molecule has 3 aromatic rings. The van der Waals surface area contributed by atoms with Gasteiger partial charge in [0.15, 0.2) is 0 Å². The fraction of sp³-hybridized carbons (Fsp3) is 0.190. The van der Waals surface area contributed by atoms with Crippen LogP contribution in [0.1, 0.15) is 31.1 Å². The van der Waals surface area contributed by atoms with Crippen LogP contribution in [0.4, 0.5) is 5.82 Å². The van der Waals surface area contributed by atoms with Gasteiger partial charge in [-0.3, -0.25) is 9.59 Å². The third-order valence-corrected chi connectivity index (χ3v) is 4.44. The van der Waals surface area contributed by atoms with Crippen molar-refractivity contribution in [2.24, 2.45) is 0 Å². The molecule has 3 rings (SSSR count). The number of pyridine rings is 1. The molecule has 1 atom stereocenters. The van der Waals surface area contributed by atoms with Crippen LogP contribution < -0.4 is 5.32 Å². The number of rotatable bonds is 5. The average Bonchev–Trinajstić information content (AvgIpc) is 3.09. The maximum atomic E-state index is 12.5. The molecule has 2 amide bonds. The number of H-pyrrole nitrogens is 1. The number of fused-ring (bicyclic) bond motifs is 1. The first-order valence-electron chi connectivity index (χ1n) is 8.70. The number of para-hydroxylation sites is 1. The van der Waals surface area contributed by atoms with Crippen molar-refractivity contribution >= 4 is 34.6 Å². The molecule has 0 aliphatic heterocycles. The maximum absolute atomic E-state index is 12.5. The van der Waals surface area contributed by atoms with Crippen LogP contribution in [0.5, 0.6) is 0 Å². The number of hydrogen-bond acceptors (Lipinski definition) is 3. The van der Waals surface area contributed by atoms with E-state index in [1.165, 1.54) is 13.0 Å². The van der Waals surface area contributed by atoms with Gasteiger partial charge in [0.2, 0.25) is 11.8 Å². The number of nitrogens with one attached hydrogen (secondary N) is 2. The quantitative estimate of drug-likeness (QED) is 0.679. The highest BCUT2D eigenvalue weighted by molar-refractivity contribution is 5.92. The van der Waals surface area contributed by atoms with E-state index in [2.05, 4.69) is 21.4 Å². The molecule has 1 aromatic carbocycles. The van der Waals surface area contributed by atoms with Crippen molar-refractivity contribution in [3.63, 3.8) is 0 Å². The third kappa shape index (κ3) is 4.41. The summed E-state index contributed by atoms with van der Waals surface area (Å²) in [4.78, 5) is 32.7. The Morgan fingerprint density at radius 3 is 2.67 bits per heavy atom. The van der Waals surface area contributed by atoms with Gasteiger partial charge in [-0.2, -0.15) is 0 Å². The van der Waals surface area contributed by atoms with E-state index < -0.39 is 0 Å². The van der Waals surface area contributed by atoms with E-state index >= 15 is 0 Å². The molecular formula is C21H22N4O2. The Morgan fingerprint density at radius 2 is 2.00 bits per heavy atom. The summed E-state index contributed by atoms with van der Waals surface area (Å²) in [5.74, 6) is 0.205. The van der Waals surface area contributed by atoms with Crippen molar-refractivity contribution in [1.82, 2.24) is 14.9 Å². The largest absolute Gasteiger partial charge is 0.357 e. The van der Waals surface area contributed by atoms with Crippen LogP contribution in [0, 0.1) is 0 Å². The number of anilines is 1. The Kier molecular flexibility index (Phi) is 5.35. The second-order valence-electron chi connectivity index (χ2n) is 6.43. The molecule has 138 valence electrons. The van der Waals surface area contributed by atoms with E-state index in [1.54, 1.807) is 36.4 Å². The van der Waals surface area contributed by atoms with Crippen molar-refractivity contribution in [3.05, 3.63) is 66.0 Å². The van der Waals surface area contributed by atoms with E-state index in [-0.39, 0.29) is 17.9 Å². The summed E-state index contributed by atoms with van der Waals surface area (Å²) in [6, 6.07) is 13.5. The first-order chi connectivity index (χ1) is 12.9. The van der Waals surface area contributed by atoms with Gasteiger partial charge in [0, 0.05) is 37.5 Å². The SMILES string of the molecule is CC(=O)Nc1ccc(/C=C/C(=O)N(C)C(C)c2cc3ccccc3[nH]2)cn1. The molecule has 0 aliphatic carbocycles. The summed E-state index contributed by atoms with van der Waals surface area (Å²) in [6.07, 6.45) is 4.84. The van der Waals surface area contributed by atoms with Crippen LogP contribution in [0.2, 0.25) is 0 Å². The van der Waals surface area contributed by atoms with Gasteiger partial charge in [-0.05, 0) is 48.2 Å². The van der Waals surface area contributed by atoms with Crippen molar-refractivity contribution in [3.8, 4) is 0 Å². The summed E-state index contributed by atoms with van der Waals surface area (Å²) in [6.45, 7) is 3.42. The number of amides is 2. The second-order valence-corrected chi connectivity index (χ2v) is 6.43. The van der Waals surface area contributed by atoms with Gasteiger partial charge in [0.05, 0.1) is 6.04 Å². The zero-order valence-electron chi connectivity index (χ0n) is 15.6. The molecule has 6 heteroatoms. The number of carbonyl (C=O) groups is 2. The Bertz CT molecular complexity index is 956. The maximum Gasteiger partial charge on any atom is 0.246 e. The topological polar surface area (TPSA) is 78.1 Å². The zero-order chi connectivity index (χ0) is 19.4. The number of hydrogen-bond donors (Lipinski definition) is 2. The number of nitrogens with zero attached hydrogens (tertiary/aromatic N) is 2. The molecule has 2 heterocycles. The summed E-state index contributed by atoms with van der Waals surface area (Å²) in [7, 11) is 1.78. The summed E-state index contributed by atoms with van der Waals surface area (Å²) in [5, 5.41) is 3.73. The molecule has 6 nitrogen and oxygen atoms in total. The predicted octanol–water partition coefficient (Wildman–Crippen LogP) is 3.75. The van der Waals surface area contributed by atoms with Gasteiger partial charge >= 0.3 is 0 Å². The molecule has 27 heavy (non-hydrogen) atoms. The van der Waals surface area contributed by atoms with Crippen LogP contribution in [-0.4, -0.2) is 33.7 Å². The molecule has 2 N–H and O–H groups in total. The number of aromatic nitrogens is 2. The smallest absolute Gasteiger partial charge is 0.246 e. The Balaban J connectivity index is 1.67. The molecular weight excluding hydrogens is 340 g/mol. The number of aromatic amines is 1. The Morgan fingerprint density at radius 1 is 1.22 bits per heavy atom. The lowest BCUT2D eigenvalue weighted by Crippen LogP contribution is -2.28. The minimum Gasteiger partial charge on any atom is -0.357 e. The Hall–Kier alpha value is -3.41. The highest BCUT2D eigenvalue weighted by atomic mass is 16.2. The predicted molar refractivity (Wildman–Crippen MR) is 107 cm³/mol. The van der Waals surface area contributed by atoms with Crippen LogP contribution in [-0.2, 0) is 9.59 Å². The minimum atomic E-state index is -0.173. The van der Waals surface area contributed by atoms with E-state index in [0.29, 0.717) is 5.82 Å². The first kappa shape index (κ1) is 18.4. The fourth-order valence-corrected chi connectivity index (χ4v) is 2.76. The van der Waals surface area contributed by atoms with E-state index in [1.807, 2.05) is 31.2 Å². The number of carbonyl (C=O) groups excluding carboxylic acids is 2. The lowest BCUT2D eigenvalue weighted by atomic mass is 10.2. The van der Waals surface area contributed by atoms with Gasteiger partial charge in [-0.1, -0.05) is 18.2 Å². The molecule has 0 radical (unpaired) electrons. The van der Waals surface area contributed by atoms with Gasteiger partial charge < -0.3 is 15.2 Å². The second kappa shape index (κ2) is 7.86. The fourth-order valence-electron chi connectivity index (χ4n) is 2.76. The van der Waals surface area contributed by atoms with Crippen LogP contribution in [0.25, 0.3) is 17.0 Å². The molecule has 0 saturated carbocycles. The molecule has 2 aromatic heterocycles. The van der Waals surface area contributed by atoms with Gasteiger partial charge in [-0.25, -0.2) is 4.98 Å². The highest BCUT2D eigenvalue weighted by Gasteiger charge is 2.17. The van der Waals surface area contributed by atoms with Crippen LogP contribution in [0.15, 0.2) is 54.7 Å². The minimum absolute atomic E-state index is 0.0881. The molecule has 1 unspecified atom stereocenters. The van der Waals surface area contributed by atoms with Crippen LogP contribution in [0.3, 0.4) is 0 Å². The van der Waals surface area contributed by atoms with Crippen molar-refractivity contribution < 1.29 is 9.59 Å². The van der Waals surface area contributed by atoms with E-state index in [4.69, 9.17) is 0 Å². The van der Waals surface area contributed by atoms with Gasteiger partial charge in [0.1, 0.15) is 5.82 Å². The normalized spacial score (nSPS) is 12.3. The zero-order valence-corrected chi connectivity index (χ0v) is 15.6. The third-order valence-electron chi connectivity index (χ3n) is 4.44. The van der Waals surface area contributed by atoms with Gasteiger partial charge in [0.25, 0.3) is 0 Å². The van der Waals surface area contributed by atoms with Crippen LogP contribution >= 0.6 is 0 Å².